The lowest BCUT2D eigenvalue weighted by atomic mass is 10.1. The molecule has 0 saturated carbocycles. The second-order valence-corrected chi connectivity index (χ2v) is 6.77. The lowest BCUT2D eigenvalue weighted by molar-refractivity contribution is -0.271. The fraction of sp³-hybridized carbons (Fsp3) is 0.667. The van der Waals surface area contributed by atoms with Crippen molar-refractivity contribution in [2.24, 2.45) is 0 Å². The van der Waals surface area contributed by atoms with Gasteiger partial charge in [0.25, 0.3) is 0 Å². The summed E-state index contributed by atoms with van der Waals surface area (Å²) in [6.07, 6.45) is -2.74. The standard InChI is InChI=1S/C18H26O7/c1-18(2)24-14-11-23-17(22-10-13(20)8-19)16(15(14)25-18)21-9-12-6-4-3-5-7-12/h3-7,13-17,19-20H,8-11H2,1-2H3/t13-,14+,15-,16+,17-/m0/s1. The summed E-state index contributed by atoms with van der Waals surface area (Å²) in [5.74, 6) is -0.716. The largest absolute Gasteiger partial charge is 0.394 e. The molecule has 7 nitrogen and oxygen atoms in total. The van der Waals surface area contributed by atoms with E-state index in [1.165, 1.54) is 0 Å². The fourth-order valence-corrected chi connectivity index (χ4v) is 3.05. The first-order valence-corrected chi connectivity index (χ1v) is 8.52. The lowest BCUT2D eigenvalue weighted by Crippen LogP contribution is -2.54. The highest BCUT2D eigenvalue weighted by molar-refractivity contribution is 5.13. The van der Waals surface area contributed by atoms with Gasteiger partial charge in [-0.1, -0.05) is 30.3 Å². The zero-order chi connectivity index (χ0) is 17.9. The molecule has 0 bridgehead atoms. The molecule has 1 aromatic rings. The Labute approximate surface area is 147 Å². The molecule has 5 atom stereocenters. The third-order valence-corrected chi connectivity index (χ3v) is 4.19. The van der Waals surface area contributed by atoms with E-state index in [2.05, 4.69) is 0 Å². The molecular weight excluding hydrogens is 328 g/mol. The molecule has 140 valence electrons. The van der Waals surface area contributed by atoms with Crippen LogP contribution in [0.25, 0.3) is 0 Å². The highest BCUT2D eigenvalue weighted by Gasteiger charge is 2.52. The maximum atomic E-state index is 9.53. The topological polar surface area (TPSA) is 86.6 Å². The van der Waals surface area contributed by atoms with Crippen LogP contribution in [0.1, 0.15) is 19.4 Å². The first-order chi connectivity index (χ1) is 12.0. The molecule has 0 amide bonds. The predicted octanol–water partition coefficient (Wildman–Crippen LogP) is 0.818. The number of aliphatic hydroxyl groups excluding tert-OH is 2. The molecular formula is C18H26O7. The minimum atomic E-state index is -0.965. The van der Waals surface area contributed by atoms with E-state index in [0.29, 0.717) is 13.2 Å². The van der Waals surface area contributed by atoms with Crippen molar-refractivity contribution in [3.63, 3.8) is 0 Å². The molecule has 1 aromatic carbocycles. The van der Waals surface area contributed by atoms with E-state index in [1.54, 1.807) is 0 Å². The van der Waals surface area contributed by atoms with Gasteiger partial charge < -0.3 is 33.9 Å². The molecule has 7 heteroatoms. The molecule has 0 aromatic heterocycles. The highest BCUT2D eigenvalue weighted by Crippen LogP contribution is 2.36. The first-order valence-electron chi connectivity index (χ1n) is 8.52. The maximum absolute atomic E-state index is 9.53. The van der Waals surface area contributed by atoms with Gasteiger partial charge in [0.2, 0.25) is 0 Å². The van der Waals surface area contributed by atoms with Crippen molar-refractivity contribution in [3.05, 3.63) is 35.9 Å². The summed E-state index contributed by atoms with van der Waals surface area (Å²) in [6, 6.07) is 9.79. The Morgan fingerprint density at radius 2 is 1.96 bits per heavy atom. The third kappa shape index (κ3) is 4.77. The summed E-state index contributed by atoms with van der Waals surface area (Å²) >= 11 is 0. The van der Waals surface area contributed by atoms with Gasteiger partial charge in [0.05, 0.1) is 26.4 Å². The van der Waals surface area contributed by atoms with Crippen LogP contribution in [0.5, 0.6) is 0 Å². The number of aliphatic hydroxyl groups is 2. The number of hydrogen-bond acceptors (Lipinski definition) is 7. The Hall–Kier alpha value is -1.06. The summed E-state index contributed by atoms with van der Waals surface area (Å²) in [6.45, 7) is 3.98. The van der Waals surface area contributed by atoms with E-state index in [4.69, 9.17) is 28.8 Å². The normalized spacial score (nSPS) is 32.3. The van der Waals surface area contributed by atoms with Gasteiger partial charge in [-0.15, -0.1) is 0 Å². The van der Waals surface area contributed by atoms with Gasteiger partial charge in [-0.3, -0.25) is 0 Å². The van der Waals surface area contributed by atoms with Gasteiger partial charge in [-0.2, -0.15) is 0 Å². The zero-order valence-corrected chi connectivity index (χ0v) is 14.5. The molecule has 3 rings (SSSR count). The average molecular weight is 354 g/mol. The van der Waals surface area contributed by atoms with Crippen LogP contribution in [0.3, 0.4) is 0 Å². The van der Waals surface area contributed by atoms with Crippen molar-refractivity contribution < 1.29 is 33.9 Å². The van der Waals surface area contributed by atoms with E-state index < -0.39 is 24.3 Å². The van der Waals surface area contributed by atoms with Crippen LogP contribution in [0, 0.1) is 0 Å². The minimum Gasteiger partial charge on any atom is -0.394 e. The molecule has 25 heavy (non-hydrogen) atoms. The van der Waals surface area contributed by atoms with Crippen LogP contribution in [0.4, 0.5) is 0 Å². The monoisotopic (exact) mass is 354 g/mol. The summed E-state index contributed by atoms with van der Waals surface area (Å²) in [5.41, 5.74) is 1.02. The first kappa shape index (κ1) is 18.7. The van der Waals surface area contributed by atoms with E-state index >= 15 is 0 Å². The number of hydrogen-bond donors (Lipinski definition) is 2. The van der Waals surface area contributed by atoms with E-state index in [-0.39, 0.29) is 25.4 Å². The van der Waals surface area contributed by atoms with Crippen molar-refractivity contribution in [3.8, 4) is 0 Å². The van der Waals surface area contributed by atoms with Crippen molar-refractivity contribution in [2.75, 3.05) is 19.8 Å². The van der Waals surface area contributed by atoms with Gasteiger partial charge in [0, 0.05) is 0 Å². The van der Waals surface area contributed by atoms with Crippen molar-refractivity contribution >= 4 is 0 Å². The summed E-state index contributed by atoms with van der Waals surface area (Å²) in [7, 11) is 0. The molecule has 2 saturated heterocycles. The van der Waals surface area contributed by atoms with E-state index in [9.17, 15) is 5.11 Å². The number of benzene rings is 1. The predicted molar refractivity (Wildman–Crippen MR) is 87.6 cm³/mol. The Bertz CT molecular complexity index is 535. The highest BCUT2D eigenvalue weighted by atomic mass is 16.8. The Morgan fingerprint density at radius 1 is 1.20 bits per heavy atom. The van der Waals surface area contributed by atoms with Crippen LogP contribution >= 0.6 is 0 Å². The van der Waals surface area contributed by atoms with Gasteiger partial charge in [0.15, 0.2) is 12.1 Å². The minimum absolute atomic E-state index is 0.0476. The number of fused-ring (bicyclic) bond motifs is 1. The molecule has 0 aliphatic carbocycles. The third-order valence-electron chi connectivity index (χ3n) is 4.19. The molecule has 2 N–H and O–H groups in total. The van der Waals surface area contributed by atoms with Crippen molar-refractivity contribution in [1.82, 2.24) is 0 Å². The quantitative estimate of drug-likeness (QED) is 0.750. The summed E-state index contributed by atoms with van der Waals surface area (Å²) in [4.78, 5) is 0. The molecule has 2 heterocycles. The second kappa shape index (κ2) is 8.09. The molecule has 0 spiro atoms. The van der Waals surface area contributed by atoms with Gasteiger partial charge in [-0.05, 0) is 19.4 Å². The van der Waals surface area contributed by atoms with Crippen molar-refractivity contribution in [1.29, 1.82) is 0 Å². The summed E-state index contributed by atoms with van der Waals surface area (Å²) in [5, 5.41) is 18.5. The number of ether oxygens (including phenoxy) is 5. The van der Waals surface area contributed by atoms with Crippen LogP contribution in [-0.4, -0.2) is 66.5 Å². The van der Waals surface area contributed by atoms with E-state index in [0.717, 1.165) is 5.56 Å². The maximum Gasteiger partial charge on any atom is 0.186 e. The Kier molecular flexibility index (Phi) is 6.06. The molecule has 2 aliphatic rings. The molecule has 0 unspecified atom stereocenters. The van der Waals surface area contributed by atoms with Crippen LogP contribution in [0.2, 0.25) is 0 Å². The Balaban J connectivity index is 1.68. The van der Waals surface area contributed by atoms with Crippen molar-refractivity contribution in [2.45, 2.75) is 56.9 Å². The second-order valence-electron chi connectivity index (χ2n) is 6.77. The Morgan fingerprint density at radius 3 is 2.68 bits per heavy atom. The lowest BCUT2D eigenvalue weighted by Gasteiger charge is -2.37. The van der Waals surface area contributed by atoms with Crippen LogP contribution in [0.15, 0.2) is 30.3 Å². The summed E-state index contributed by atoms with van der Waals surface area (Å²) < 4.78 is 29.3. The smallest absolute Gasteiger partial charge is 0.186 e. The van der Waals surface area contributed by atoms with Crippen LogP contribution < -0.4 is 0 Å². The SMILES string of the molecule is CC1(C)O[C@@H]2[C@@H](OCc3ccccc3)[C@@H](OC[C@@H](O)CO)OC[C@H]2O1. The van der Waals surface area contributed by atoms with Crippen LogP contribution in [-0.2, 0) is 30.3 Å². The van der Waals surface area contributed by atoms with E-state index in [1.807, 2.05) is 44.2 Å². The molecule has 2 aliphatic heterocycles. The zero-order valence-electron chi connectivity index (χ0n) is 14.5. The molecule has 2 fully saturated rings. The fourth-order valence-electron chi connectivity index (χ4n) is 3.05. The van der Waals surface area contributed by atoms with Gasteiger partial charge >= 0.3 is 0 Å². The van der Waals surface area contributed by atoms with Gasteiger partial charge in [-0.25, -0.2) is 0 Å². The number of rotatable bonds is 7. The van der Waals surface area contributed by atoms with Gasteiger partial charge in [0.1, 0.15) is 24.4 Å². The average Bonchev–Trinajstić information content (AvgIpc) is 2.93. The molecule has 0 radical (unpaired) electrons.